The quantitative estimate of drug-likeness (QED) is 0.784. The Bertz CT molecular complexity index is 500. The lowest BCUT2D eigenvalue weighted by molar-refractivity contribution is 0.0208. The van der Waals surface area contributed by atoms with Crippen LogP contribution < -0.4 is 5.32 Å². The van der Waals surface area contributed by atoms with Crippen LogP contribution in [-0.2, 0) is 4.74 Å². The van der Waals surface area contributed by atoms with Gasteiger partial charge in [-0.2, -0.15) is 10.1 Å². The Morgan fingerprint density at radius 2 is 2.41 bits per heavy atom. The van der Waals surface area contributed by atoms with Crippen molar-refractivity contribution in [2.75, 3.05) is 19.7 Å². The van der Waals surface area contributed by atoms with Crippen molar-refractivity contribution in [3.63, 3.8) is 0 Å². The van der Waals surface area contributed by atoms with Crippen LogP contribution in [0.3, 0.4) is 0 Å². The van der Waals surface area contributed by atoms with Gasteiger partial charge in [0.25, 0.3) is 5.89 Å². The first kappa shape index (κ1) is 10.4. The zero-order valence-electron chi connectivity index (χ0n) is 9.43. The Hall–Kier alpha value is -1.73. The lowest BCUT2D eigenvalue weighted by Crippen LogP contribution is -2.33. The van der Waals surface area contributed by atoms with Crippen molar-refractivity contribution in [2.24, 2.45) is 0 Å². The van der Waals surface area contributed by atoms with Gasteiger partial charge in [-0.15, -0.1) is 0 Å². The monoisotopic (exact) mass is 235 g/mol. The Kier molecular flexibility index (Phi) is 2.62. The van der Waals surface area contributed by atoms with Gasteiger partial charge in [-0.1, -0.05) is 5.16 Å². The first-order valence-corrected chi connectivity index (χ1v) is 5.51. The molecule has 1 atom stereocenters. The van der Waals surface area contributed by atoms with E-state index in [4.69, 9.17) is 9.26 Å². The van der Waals surface area contributed by atoms with E-state index >= 15 is 0 Å². The molecule has 17 heavy (non-hydrogen) atoms. The van der Waals surface area contributed by atoms with Crippen LogP contribution in [0.2, 0.25) is 0 Å². The molecule has 0 spiro atoms. The molecule has 0 bridgehead atoms. The zero-order valence-corrected chi connectivity index (χ0v) is 9.43. The Balaban J connectivity index is 1.85. The molecule has 1 unspecified atom stereocenters. The third-order valence-electron chi connectivity index (χ3n) is 2.72. The van der Waals surface area contributed by atoms with E-state index in [-0.39, 0.29) is 6.10 Å². The van der Waals surface area contributed by atoms with Gasteiger partial charge in [0, 0.05) is 18.8 Å². The maximum atomic E-state index is 5.55. The number of H-pyrrole nitrogens is 1. The SMILES string of the molecule is Cc1[nH]ncc1-c1nc(C2CNCCO2)no1. The summed E-state index contributed by atoms with van der Waals surface area (Å²) in [6.07, 6.45) is 1.54. The molecule has 3 heterocycles. The molecule has 90 valence electrons. The standard InChI is InChI=1S/C10H13N5O2/c1-6-7(4-12-14-6)10-13-9(15-17-10)8-5-11-2-3-16-8/h4,8,11H,2-3,5H2,1H3,(H,12,14). The summed E-state index contributed by atoms with van der Waals surface area (Å²) in [7, 11) is 0. The van der Waals surface area contributed by atoms with Gasteiger partial charge in [0.15, 0.2) is 0 Å². The average Bonchev–Trinajstić information content (AvgIpc) is 2.98. The summed E-state index contributed by atoms with van der Waals surface area (Å²) in [6.45, 7) is 4.15. The van der Waals surface area contributed by atoms with Crippen LogP contribution in [-0.4, -0.2) is 40.0 Å². The Morgan fingerprint density at radius 1 is 1.47 bits per heavy atom. The largest absolute Gasteiger partial charge is 0.367 e. The number of ether oxygens (including phenoxy) is 1. The smallest absolute Gasteiger partial charge is 0.261 e. The van der Waals surface area contributed by atoms with Crippen LogP contribution in [0, 0.1) is 6.92 Å². The van der Waals surface area contributed by atoms with Crippen LogP contribution in [0.25, 0.3) is 11.5 Å². The van der Waals surface area contributed by atoms with Crippen molar-refractivity contribution in [1.29, 1.82) is 0 Å². The number of aromatic nitrogens is 4. The highest BCUT2D eigenvalue weighted by Gasteiger charge is 2.22. The average molecular weight is 235 g/mol. The van der Waals surface area contributed by atoms with Gasteiger partial charge in [0.2, 0.25) is 5.82 Å². The van der Waals surface area contributed by atoms with Crippen molar-refractivity contribution < 1.29 is 9.26 Å². The summed E-state index contributed by atoms with van der Waals surface area (Å²) in [6, 6.07) is 0. The van der Waals surface area contributed by atoms with Gasteiger partial charge in [-0.05, 0) is 6.92 Å². The molecule has 1 aliphatic heterocycles. The number of rotatable bonds is 2. The lowest BCUT2D eigenvalue weighted by atomic mass is 10.2. The maximum absolute atomic E-state index is 5.55. The van der Waals surface area contributed by atoms with Crippen molar-refractivity contribution in [3.05, 3.63) is 17.7 Å². The molecule has 0 aromatic carbocycles. The first-order chi connectivity index (χ1) is 8.34. The van der Waals surface area contributed by atoms with Gasteiger partial charge in [0.05, 0.1) is 18.4 Å². The molecule has 1 fully saturated rings. The number of hydrogen-bond acceptors (Lipinski definition) is 6. The van der Waals surface area contributed by atoms with Gasteiger partial charge < -0.3 is 14.6 Å². The van der Waals surface area contributed by atoms with Crippen LogP contribution in [0.15, 0.2) is 10.7 Å². The van der Waals surface area contributed by atoms with Crippen LogP contribution >= 0.6 is 0 Å². The maximum Gasteiger partial charge on any atom is 0.261 e. The molecule has 7 heteroatoms. The second kappa shape index (κ2) is 4.27. The minimum absolute atomic E-state index is 0.131. The van der Waals surface area contributed by atoms with Crippen molar-refractivity contribution in [1.82, 2.24) is 25.7 Å². The van der Waals surface area contributed by atoms with E-state index in [1.807, 2.05) is 6.92 Å². The summed E-state index contributed by atoms with van der Waals surface area (Å²) < 4.78 is 10.8. The predicted octanol–water partition coefficient (Wildman–Crippen LogP) is 0.429. The minimum Gasteiger partial charge on any atom is -0.367 e. The molecule has 2 aromatic rings. The second-order valence-corrected chi connectivity index (χ2v) is 3.93. The van der Waals surface area contributed by atoms with E-state index in [9.17, 15) is 0 Å². The fourth-order valence-electron chi connectivity index (χ4n) is 1.77. The summed E-state index contributed by atoms with van der Waals surface area (Å²) in [5.41, 5.74) is 1.73. The third-order valence-corrected chi connectivity index (χ3v) is 2.72. The number of nitrogens with zero attached hydrogens (tertiary/aromatic N) is 3. The molecular weight excluding hydrogens is 222 g/mol. The summed E-state index contributed by atoms with van der Waals surface area (Å²) >= 11 is 0. The van der Waals surface area contributed by atoms with Gasteiger partial charge in [0.1, 0.15) is 6.10 Å². The van der Waals surface area contributed by atoms with E-state index < -0.39 is 0 Å². The van der Waals surface area contributed by atoms with Gasteiger partial charge in [-0.3, -0.25) is 5.10 Å². The molecule has 1 saturated heterocycles. The molecule has 0 saturated carbocycles. The lowest BCUT2D eigenvalue weighted by Gasteiger charge is -2.20. The van der Waals surface area contributed by atoms with Gasteiger partial charge >= 0.3 is 0 Å². The molecule has 2 aromatic heterocycles. The predicted molar refractivity (Wildman–Crippen MR) is 58.2 cm³/mol. The van der Waals surface area contributed by atoms with E-state index in [2.05, 4.69) is 25.7 Å². The van der Waals surface area contributed by atoms with Crippen molar-refractivity contribution in [3.8, 4) is 11.5 Å². The number of morpholine rings is 1. The van der Waals surface area contributed by atoms with Crippen molar-refractivity contribution in [2.45, 2.75) is 13.0 Å². The zero-order chi connectivity index (χ0) is 11.7. The highest BCUT2D eigenvalue weighted by Crippen LogP contribution is 2.22. The minimum atomic E-state index is -0.131. The molecular formula is C10H13N5O2. The fraction of sp³-hybridized carbons (Fsp3) is 0.500. The Morgan fingerprint density at radius 3 is 3.12 bits per heavy atom. The molecule has 7 nitrogen and oxygen atoms in total. The summed E-state index contributed by atoms with van der Waals surface area (Å²) in [5, 5.41) is 13.9. The second-order valence-electron chi connectivity index (χ2n) is 3.93. The number of aromatic amines is 1. The number of aryl methyl sites for hydroxylation is 1. The fourth-order valence-corrected chi connectivity index (χ4v) is 1.77. The molecule has 1 aliphatic rings. The van der Waals surface area contributed by atoms with E-state index in [0.717, 1.165) is 17.8 Å². The highest BCUT2D eigenvalue weighted by atomic mass is 16.5. The first-order valence-electron chi connectivity index (χ1n) is 5.51. The molecule has 0 radical (unpaired) electrons. The Labute approximate surface area is 97.6 Å². The molecule has 2 N–H and O–H groups in total. The van der Waals surface area contributed by atoms with E-state index in [1.165, 1.54) is 0 Å². The normalized spacial score (nSPS) is 20.6. The molecule has 0 amide bonds. The third kappa shape index (κ3) is 1.94. The highest BCUT2D eigenvalue weighted by molar-refractivity contribution is 5.54. The van der Waals surface area contributed by atoms with Crippen LogP contribution in [0.5, 0.6) is 0 Å². The van der Waals surface area contributed by atoms with Gasteiger partial charge in [-0.25, -0.2) is 0 Å². The van der Waals surface area contributed by atoms with Crippen LogP contribution in [0.4, 0.5) is 0 Å². The van der Waals surface area contributed by atoms with E-state index in [1.54, 1.807) is 6.20 Å². The summed E-state index contributed by atoms with van der Waals surface area (Å²) in [4.78, 5) is 4.33. The number of nitrogens with one attached hydrogen (secondary N) is 2. The molecule has 0 aliphatic carbocycles. The number of hydrogen-bond donors (Lipinski definition) is 2. The van der Waals surface area contributed by atoms with Crippen LogP contribution in [0.1, 0.15) is 17.6 Å². The summed E-state index contributed by atoms with van der Waals surface area (Å²) in [5.74, 6) is 1.05. The van der Waals surface area contributed by atoms with E-state index in [0.29, 0.717) is 24.9 Å². The molecule has 3 rings (SSSR count). The topological polar surface area (TPSA) is 88.9 Å². The van der Waals surface area contributed by atoms with Crippen molar-refractivity contribution >= 4 is 0 Å².